The highest BCUT2D eigenvalue weighted by Crippen LogP contribution is 2.09. The third-order valence-corrected chi connectivity index (χ3v) is 3.26. The van der Waals surface area contributed by atoms with Gasteiger partial charge in [0, 0.05) is 14.1 Å². The normalized spacial score (nSPS) is 12.0. The molecule has 0 aromatic carbocycles. The zero-order valence-electron chi connectivity index (χ0n) is 11.9. The number of hydrogen-bond donors (Lipinski definition) is 2. The van der Waals surface area contributed by atoms with Gasteiger partial charge in [0.1, 0.15) is 11.9 Å². The summed E-state index contributed by atoms with van der Waals surface area (Å²) in [6, 6.07) is 3.19. The topological polar surface area (TPSA) is 82.8 Å². The number of hydrogen-bond acceptors (Lipinski definition) is 5. The van der Waals surface area contributed by atoms with Gasteiger partial charge in [-0.25, -0.2) is 0 Å². The number of aliphatic hydroxyl groups excluding tert-OH is 1. The Morgan fingerprint density at radius 3 is 2.75 bits per heavy atom. The Labute approximate surface area is 122 Å². The Kier molecular flexibility index (Phi) is 6.60. The summed E-state index contributed by atoms with van der Waals surface area (Å²) in [4.78, 5) is 24.6. The summed E-state index contributed by atoms with van der Waals surface area (Å²) in [6.45, 7) is 0.149. The zero-order valence-corrected chi connectivity index (χ0v) is 12.7. The minimum absolute atomic E-state index is 0.149. The number of carbonyl (C=O) groups excluding carboxylic acids is 2. The molecule has 6 nitrogen and oxygen atoms in total. The number of furan rings is 1. The Bertz CT molecular complexity index is 459. The van der Waals surface area contributed by atoms with E-state index in [2.05, 4.69) is 5.32 Å². The predicted octanol–water partition coefficient (Wildman–Crippen LogP) is 0.712. The molecule has 0 aliphatic rings. The lowest BCUT2D eigenvalue weighted by Gasteiger charge is -2.09. The van der Waals surface area contributed by atoms with E-state index in [4.69, 9.17) is 4.42 Å². The SMILES string of the molecule is CSCC[C@@H](O)C(=O)NCc1ccc(C(=O)N(C)C)o1. The fraction of sp³-hybridized carbons (Fsp3) is 0.538. The van der Waals surface area contributed by atoms with Crippen molar-refractivity contribution in [3.05, 3.63) is 23.7 Å². The van der Waals surface area contributed by atoms with Crippen LogP contribution >= 0.6 is 11.8 Å². The second-order valence-electron chi connectivity index (χ2n) is 4.48. The van der Waals surface area contributed by atoms with Crippen LogP contribution in [0, 0.1) is 0 Å². The number of thioether (sulfide) groups is 1. The maximum absolute atomic E-state index is 11.6. The van der Waals surface area contributed by atoms with E-state index in [1.807, 2.05) is 6.26 Å². The quantitative estimate of drug-likeness (QED) is 0.775. The molecule has 0 saturated heterocycles. The lowest BCUT2D eigenvalue weighted by atomic mass is 10.2. The predicted molar refractivity (Wildman–Crippen MR) is 77.6 cm³/mol. The fourth-order valence-electron chi connectivity index (χ4n) is 1.46. The molecule has 0 saturated carbocycles. The van der Waals surface area contributed by atoms with Gasteiger partial charge in [0.05, 0.1) is 6.54 Å². The highest BCUT2D eigenvalue weighted by Gasteiger charge is 2.16. The molecule has 0 spiro atoms. The Hall–Kier alpha value is -1.47. The van der Waals surface area contributed by atoms with E-state index in [1.54, 1.807) is 38.0 Å². The van der Waals surface area contributed by atoms with Crippen molar-refractivity contribution in [2.75, 3.05) is 26.1 Å². The first-order valence-corrected chi connectivity index (χ1v) is 7.60. The van der Waals surface area contributed by atoms with Gasteiger partial charge >= 0.3 is 0 Å². The molecule has 7 heteroatoms. The molecule has 0 aliphatic heterocycles. The van der Waals surface area contributed by atoms with Gasteiger partial charge < -0.3 is 19.7 Å². The van der Waals surface area contributed by atoms with Crippen LogP contribution in [-0.2, 0) is 11.3 Å². The molecule has 1 atom stereocenters. The molecular formula is C13H20N2O4S. The maximum atomic E-state index is 11.6. The summed E-state index contributed by atoms with van der Waals surface area (Å²) in [5.41, 5.74) is 0. The molecular weight excluding hydrogens is 280 g/mol. The smallest absolute Gasteiger partial charge is 0.289 e. The van der Waals surface area contributed by atoms with Crippen LogP contribution in [0.4, 0.5) is 0 Å². The molecule has 1 heterocycles. The van der Waals surface area contributed by atoms with Crippen molar-refractivity contribution in [3.63, 3.8) is 0 Å². The fourth-order valence-corrected chi connectivity index (χ4v) is 1.92. The van der Waals surface area contributed by atoms with Crippen LogP contribution in [0.2, 0.25) is 0 Å². The summed E-state index contributed by atoms with van der Waals surface area (Å²) in [5, 5.41) is 12.1. The molecule has 1 aromatic heterocycles. The summed E-state index contributed by atoms with van der Waals surface area (Å²) in [6.07, 6.45) is 1.31. The van der Waals surface area contributed by atoms with E-state index < -0.39 is 12.0 Å². The minimum Gasteiger partial charge on any atom is -0.454 e. The zero-order chi connectivity index (χ0) is 15.1. The largest absolute Gasteiger partial charge is 0.454 e. The number of rotatable bonds is 7. The van der Waals surface area contributed by atoms with E-state index in [-0.39, 0.29) is 18.2 Å². The van der Waals surface area contributed by atoms with Gasteiger partial charge in [0.25, 0.3) is 5.91 Å². The molecule has 2 amide bonds. The van der Waals surface area contributed by atoms with Crippen molar-refractivity contribution in [3.8, 4) is 0 Å². The highest BCUT2D eigenvalue weighted by molar-refractivity contribution is 7.98. The van der Waals surface area contributed by atoms with Crippen LogP contribution in [0.25, 0.3) is 0 Å². The van der Waals surface area contributed by atoms with Crippen molar-refractivity contribution >= 4 is 23.6 Å². The number of nitrogens with zero attached hydrogens (tertiary/aromatic N) is 1. The molecule has 112 valence electrons. The summed E-state index contributed by atoms with van der Waals surface area (Å²) in [7, 11) is 3.27. The third kappa shape index (κ3) is 4.90. The van der Waals surface area contributed by atoms with Crippen molar-refractivity contribution < 1.29 is 19.1 Å². The third-order valence-electron chi connectivity index (χ3n) is 2.61. The molecule has 1 rings (SSSR count). The standard InChI is InChI=1S/C13H20N2O4S/c1-15(2)13(18)11-5-4-9(19-11)8-14-12(17)10(16)6-7-20-3/h4-5,10,16H,6-8H2,1-3H3,(H,14,17)/t10-/m1/s1. The van der Waals surface area contributed by atoms with Crippen LogP contribution in [0.5, 0.6) is 0 Å². The number of nitrogens with one attached hydrogen (secondary N) is 1. The van der Waals surface area contributed by atoms with E-state index in [0.717, 1.165) is 5.75 Å². The lowest BCUT2D eigenvalue weighted by molar-refractivity contribution is -0.129. The van der Waals surface area contributed by atoms with Gasteiger partial charge in [-0.05, 0) is 30.6 Å². The molecule has 0 radical (unpaired) electrons. The molecule has 0 bridgehead atoms. The molecule has 0 fully saturated rings. The van der Waals surface area contributed by atoms with Crippen molar-refractivity contribution in [1.29, 1.82) is 0 Å². The van der Waals surface area contributed by atoms with Crippen molar-refractivity contribution in [1.82, 2.24) is 10.2 Å². The summed E-state index contributed by atoms with van der Waals surface area (Å²) in [5.74, 6) is 0.748. The molecule has 2 N–H and O–H groups in total. The van der Waals surface area contributed by atoms with Gasteiger partial charge in [-0.15, -0.1) is 0 Å². The highest BCUT2D eigenvalue weighted by atomic mass is 32.2. The number of amides is 2. The second kappa shape index (κ2) is 7.96. The van der Waals surface area contributed by atoms with Gasteiger partial charge in [-0.3, -0.25) is 9.59 Å². The van der Waals surface area contributed by atoms with Gasteiger partial charge in [0.2, 0.25) is 5.91 Å². The first-order chi connectivity index (χ1) is 9.45. The molecule has 1 aromatic rings. The van der Waals surface area contributed by atoms with E-state index >= 15 is 0 Å². The van der Waals surface area contributed by atoms with Crippen LogP contribution in [0.3, 0.4) is 0 Å². The average Bonchev–Trinajstić information content (AvgIpc) is 2.89. The number of carbonyl (C=O) groups is 2. The van der Waals surface area contributed by atoms with Crippen LogP contribution < -0.4 is 5.32 Å². The monoisotopic (exact) mass is 300 g/mol. The lowest BCUT2D eigenvalue weighted by Crippen LogP contribution is -2.34. The molecule has 0 unspecified atom stereocenters. The van der Waals surface area contributed by atoms with Gasteiger partial charge in [0.15, 0.2) is 5.76 Å². The van der Waals surface area contributed by atoms with Crippen molar-refractivity contribution in [2.24, 2.45) is 0 Å². The first kappa shape index (κ1) is 16.6. The molecule has 20 heavy (non-hydrogen) atoms. The van der Waals surface area contributed by atoms with Gasteiger partial charge in [-0.2, -0.15) is 11.8 Å². The van der Waals surface area contributed by atoms with Crippen LogP contribution in [0.15, 0.2) is 16.5 Å². The Balaban J connectivity index is 2.46. The minimum atomic E-state index is -1.01. The van der Waals surface area contributed by atoms with Crippen LogP contribution in [-0.4, -0.2) is 54.0 Å². The molecule has 0 aliphatic carbocycles. The maximum Gasteiger partial charge on any atom is 0.289 e. The van der Waals surface area contributed by atoms with Gasteiger partial charge in [-0.1, -0.05) is 0 Å². The Morgan fingerprint density at radius 2 is 2.15 bits per heavy atom. The van der Waals surface area contributed by atoms with Crippen LogP contribution in [0.1, 0.15) is 22.7 Å². The van der Waals surface area contributed by atoms with E-state index in [1.165, 1.54) is 4.90 Å². The second-order valence-corrected chi connectivity index (χ2v) is 5.47. The number of aliphatic hydroxyl groups is 1. The summed E-state index contributed by atoms with van der Waals surface area (Å²) >= 11 is 1.57. The van der Waals surface area contributed by atoms with E-state index in [9.17, 15) is 14.7 Å². The van der Waals surface area contributed by atoms with E-state index in [0.29, 0.717) is 12.2 Å². The summed E-state index contributed by atoms with van der Waals surface area (Å²) < 4.78 is 5.33. The first-order valence-electron chi connectivity index (χ1n) is 6.20. The van der Waals surface area contributed by atoms with Crippen molar-refractivity contribution in [2.45, 2.75) is 19.1 Å². The average molecular weight is 300 g/mol. The Morgan fingerprint density at radius 1 is 1.45 bits per heavy atom.